The van der Waals surface area contributed by atoms with Crippen LogP contribution in [-0.4, -0.2) is 4.98 Å². The van der Waals surface area contributed by atoms with Gasteiger partial charge in [0.15, 0.2) is 4.34 Å². The second-order valence-electron chi connectivity index (χ2n) is 7.34. The lowest BCUT2D eigenvalue weighted by molar-refractivity contribution is 0.416. The highest BCUT2D eigenvalue weighted by Gasteiger charge is 2.28. The van der Waals surface area contributed by atoms with Crippen LogP contribution in [0.5, 0.6) is 0 Å². The molecular formula is C19H26N2S3. The minimum absolute atomic E-state index is 0.684. The van der Waals surface area contributed by atoms with Crippen LogP contribution in [0.25, 0.3) is 10.2 Å². The third-order valence-corrected chi connectivity index (χ3v) is 7.95. The smallest absolute Gasteiger partial charge is 0.165 e. The summed E-state index contributed by atoms with van der Waals surface area (Å²) < 4.78 is 2.23. The Balaban J connectivity index is 1.85. The molecule has 1 aromatic heterocycles. The Bertz CT molecular complexity index is 713. The molecule has 0 aliphatic heterocycles. The van der Waals surface area contributed by atoms with Gasteiger partial charge in [0, 0.05) is 4.90 Å². The molecule has 0 saturated heterocycles. The summed E-state index contributed by atoms with van der Waals surface area (Å²) in [6.07, 6.45) is 13.6. The van der Waals surface area contributed by atoms with Gasteiger partial charge in [-0.05, 0) is 66.7 Å². The summed E-state index contributed by atoms with van der Waals surface area (Å²) >= 11 is 7.99. The van der Waals surface area contributed by atoms with Crippen LogP contribution in [0.3, 0.4) is 0 Å². The summed E-state index contributed by atoms with van der Waals surface area (Å²) in [4.78, 5) is 5.90. The van der Waals surface area contributed by atoms with E-state index in [4.69, 9.17) is 22.8 Å². The summed E-state index contributed by atoms with van der Waals surface area (Å²) in [5.74, 6) is 1.41. The quantitative estimate of drug-likeness (QED) is 0.464. The third-order valence-electron chi connectivity index (χ3n) is 5.87. The maximum Gasteiger partial charge on any atom is 0.165 e. The topological polar surface area (TPSA) is 38.9 Å². The van der Waals surface area contributed by atoms with Gasteiger partial charge in [-0.2, -0.15) is 0 Å². The van der Waals surface area contributed by atoms with Crippen LogP contribution in [0.2, 0.25) is 0 Å². The Morgan fingerprint density at radius 2 is 1.62 bits per heavy atom. The zero-order valence-electron chi connectivity index (χ0n) is 14.1. The first kappa shape index (κ1) is 17.2. The lowest BCUT2D eigenvalue weighted by Crippen LogP contribution is -2.13. The van der Waals surface area contributed by atoms with Gasteiger partial charge in [-0.1, -0.05) is 38.5 Å². The number of thiol groups is 1. The number of benzene rings is 1. The van der Waals surface area contributed by atoms with E-state index < -0.39 is 0 Å². The van der Waals surface area contributed by atoms with Crippen molar-refractivity contribution in [2.45, 2.75) is 85.3 Å². The molecule has 2 aromatic rings. The van der Waals surface area contributed by atoms with Gasteiger partial charge >= 0.3 is 0 Å². The average molecular weight is 379 g/mol. The first-order chi connectivity index (χ1) is 11.8. The molecule has 2 nitrogen and oxygen atoms in total. The SMILES string of the molecule is NSc1nc2c(S)c(C3CCCCC3)c(C3CCCCC3)cc2s1. The molecule has 5 heteroatoms. The van der Waals surface area contributed by atoms with Crippen molar-refractivity contribution < 1.29 is 0 Å². The number of thiazole rings is 1. The molecule has 0 amide bonds. The van der Waals surface area contributed by atoms with Crippen molar-refractivity contribution in [3.63, 3.8) is 0 Å². The summed E-state index contributed by atoms with van der Waals surface area (Å²) in [5.41, 5.74) is 4.21. The second-order valence-corrected chi connectivity index (χ2v) is 9.70. The molecule has 1 aromatic carbocycles. The molecule has 2 N–H and O–H groups in total. The number of rotatable bonds is 3. The molecule has 2 saturated carbocycles. The van der Waals surface area contributed by atoms with Gasteiger partial charge in [-0.3, -0.25) is 5.14 Å². The minimum atomic E-state index is 0.684. The lowest BCUT2D eigenvalue weighted by atomic mass is 9.76. The van der Waals surface area contributed by atoms with Gasteiger partial charge in [0.05, 0.1) is 10.2 Å². The van der Waals surface area contributed by atoms with E-state index in [-0.39, 0.29) is 0 Å². The van der Waals surface area contributed by atoms with Crippen molar-refractivity contribution in [3.8, 4) is 0 Å². The van der Waals surface area contributed by atoms with E-state index in [0.29, 0.717) is 5.92 Å². The van der Waals surface area contributed by atoms with Gasteiger partial charge in [-0.15, -0.1) is 24.0 Å². The van der Waals surface area contributed by atoms with E-state index in [9.17, 15) is 0 Å². The molecular weight excluding hydrogens is 352 g/mol. The fourth-order valence-corrected chi connectivity index (χ4v) is 6.60. The zero-order chi connectivity index (χ0) is 16.5. The fourth-order valence-electron chi connectivity index (χ4n) is 4.68. The van der Waals surface area contributed by atoms with E-state index in [2.05, 4.69) is 6.07 Å². The Morgan fingerprint density at radius 1 is 1.00 bits per heavy atom. The van der Waals surface area contributed by atoms with Gasteiger partial charge in [-0.25, -0.2) is 4.98 Å². The molecule has 2 aliphatic carbocycles. The van der Waals surface area contributed by atoms with Crippen molar-refractivity contribution >= 4 is 46.1 Å². The summed E-state index contributed by atoms with van der Waals surface area (Å²) in [7, 11) is 0. The standard InChI is InChI=1S/C19H26N2S3/c20-24-19-21-17-15(23-19)11-14(12-7-3-1-4-8-12)16(18(17)22)13-9-5-2-6-10-13/h11-13,22H,1-10,20H2. The van der Waals surface area contributed by atoms with E-state index >= 15 is 0 Å². The van der Waals surface area contributed by atoms with Crippen LogP contribution < -0.4 is 5.14 Å². The number of aromatic nitrogens is 1. The third kappa shape index (κ3) is 3.25. The van der Waals surface area contributed by atoms with Crippen molar-refractivity contribution in [2.24, 2.45) is 5.14 Å². The molecule has 130 valence electrons. The molecule has 0 spiro atoms. The van der Waals surface area contributed by atoms with E-state index in [1.807, 2.05) is 0 Å². The largest absolute Gasteiger partial charge is 0.272 e. The average Bonchev–Trinajstić information content (AvgIpc) is 3.07. The highest BCUT2D eigenvalue weighted by Crippen LogP contribution is 2.47. The first-order valence-electron chi connectivity index (χ1n) is 9.31. The summed E-state index contributed by atoms with van der Waals surface area (Å²) in [5, 5.41) is 5.77. The normalized spacial score (nSPS) is 20.8. The zero-order valence-corrected chi connectivity index (χ0v) is 16.6. The molecule has 0 radical (unpaired) electrons. The first-order valence-corrected chi connectivity index (χ1v) is 11.4. The van der Waals surface area contributed by atoms with Crippen LogP contribution in [0, 0.1) is 0 Å². The van der Waals surface area contributed by atoms with Crippen LogP contribution in [0.15, 0.2) is 15.3 Å². The van der Waals surface area contributed by atoms with Crippen LogP contribution in [0.4, 0.5) is 0 Å². The van der Waals surface area contributed by atoms with E-state index in [1.54, 1.807) is 16.9 Å². The van der Waals surface area contributed by atoms with Crippen LogP contribution >= 0.6 is 35.9 Å². The van der Waals surface area contributed by atoms with Crippen molar-refractivity contribution in [3.05, 3.63) is 17.2 Å². The maximum atomic E-state index is 5.77. The highest BCUT2D eigenvalue weighted by molar-refractivity contribution is 7.99. The Morgan fingerprint density at radius 3 is 2.25 bits per heavy atom. The molecule has 0 atom stereocenters. The second kappa shape index (κ2) is 7.56. The minimum Gasteiger partial charge on any atom is -0.272 e. The molecule has 1 heterocycles. The maximum absolute atomic E-state index is 5.77. The van der Waals surface area contributed by atoms with Gasteiger partial charge in [0.2, 0.25) is 0 Å². The predicted octanol–water partition coefficient (Wildman–Crippen LogP) is 6.65. The van der Waals surface area contributed by atoms with Gasteiger partial charge < -0.3 is 0 Å². The summed E-state index contributed by atoms with van der Waals surface area (Å²) in [6, 6.07) is 2.45. The highest BCUT2D eigenvalue weighted by atomic mass is 32.2. The van der Waals surface area contributed by atoms with Crippen molar-refractivity contribution in [2.75, 3.05) is 0 Å². The Labute approximate surface area is 158 Å². The molecule has 2 fully saturated rings. The number of nitrogens with zero attached hydrogens (tertiary/aromatic N) is 1. The van der Waals surface area contributed by atoms with Crippen LogP contribution in [-0.2, 0) is 0 Å². The van der Waals surface area contributed by atoms with Crippen LogP contribution in [0.1, 0.15) is 87.2 Å². The molecule has 0 bridgehead atoms. The number of fused-ring (bicyclic) bond motifs is 1. The molecule has 24 heavy (non-hydrogen) atoms. The monoisotopic (exact) mass is 378 g/mol. The number of hydrogen-bond donors (Lipinski definition) is 2. The number of hydrogen-bond acceptors (Lipinski definition) is 5. The summed E-state index contributed by atoms with van der Waals surface area (Å²) in [6.45, 7) is 0. The molecule has 0 unspecified atom stereocenters. The fraction of sp³-hybridized carbons (Fsp3) is 0.632. The Kier molecular flexibility index (Phi) is 5.42. The molecule has 4 rings (SSSR count). The molecule has 2 aliphatic rings. The van der Waals surface area contributed by atoms with E-state index in [1.165, 1.54) is 86.4 Å². The number of nitrogens with two attached hydrogens (primary N) is 1. The van der Waals surface area contributed by atoms with E-state index in [0.717, 1.165) is 20.7 Å². The van der Waals surface area contributed by atoms with Gasteiger partial charge in [0.1, 0.15) is 0 Å². The van der Waals surface area contributed by atoms with Crippen molar-refractivity contribution in [1.29, 1.82) is 0 Å². The predicted molar refractivity (Wildman–Crippen MR) is 109 cm³/mol. The lowest BCUT2D eigenvalue weighted by Gasteiger charge is -2.30. The van der Waals surface area contributed by atoms with Crippen molar-refractivity contribution in [1.82, 2.24) is 4.98 Å². The Hall–Kier alpha value is -0.230. The van der Waals surface area contributed by atoms with Gasteiger partial charge in [0.25, 0.3) is 0 Å².